The molecule has 1 amide bonds. The molecule has 1 aromatic carbocycles. The molecule has 0 bridgehead atoms. The number of carbonyl (C=O) groups excluding carboxylic acids is 1. The van der Waals surface area contributed by atoms with E-state index in [1.54, 1.807) is 12.1 Å². The summed E-state index contributed by atoms with van der Waals surface area (Å²) >= 11 is 16.7. The van der Waals surface area contributed by atoms with Crippen LogP contribution < -0.4 is 4.90 Å². The number of nitrogens with zero attached hydrogens (tertiary/aromatic N) is 3. The van der Waals surface area contributed by atoms with Crippen LogP contribution in [-0.4, -0.2) is 45.7 Å². The summed E-state index contributed by atoms with van der Waals surface area (Å²) in [6, 6.07) is 6.28. The molecule has 6 nitrogen and oxygen atoms in total. The number of carbonyl (C=O) groups is 1. The molecule has 0 unspecified atom stereocenters. The Morgan fingerprint density at radius 3 is 2.05 bits per heavy atom. The van der Waals surface area contributed by atoms with Crippen LogP contribution in [0.5, 0.6) is 0 Å². The van der Waals surface area contributed by atoms with Crippen molar-refractivity contribution in [3.8, 4) is 0 Å². The molecule has 1 aromatic rings. The van der Waals surface area contributed by atoms with E-state index in [2.05, 4.69) is 0 Å². The molecule has 114 valence electrons. The number of benzene rings is 1. The van der Waals surface area contributed by atoms with Gasteiger partial charge in [0, 0.05) is 44.0 Å². The number of amides is 1. The van der Waals surface area contributed by atoms with Crippen LogP contribution in [0.3, 0.4) is 0 Å². The SMILES string of the molecule is O=C(N1CCN(c2ccc([N+](=O)[O-])cc2)CC1)C(Cl)(Cl)Cl. The molecular weight excluding hydrogens is 341 g/mol. The first-order valence-electron chi connectivity index (χ1n) is 6.14. The number of hydrogen-bond donors (Lipinski definition) is 0. The number of halogens is 3. The number of rotatable bonds is 2. The summed E-state index contributed by atoms with van der Waals surface area (Å²) < 4.78 is -1.93. The standard InChI is InChI=1S/C12H12Cl3N3O3/c13-12(14,15)11(19)17-7-5-16(6-8-17)9-1-3-10(4-2-9)18(20)21/h1-4H,5-8H2. The van der Waals surface area contributed by atoms with Gasteiger partial charge in [-0.2, -0.15) is 0 Å². The number of nitro groups is 1. The molecule has 0 aliphatic carbocycles. The van der Waals surface area contributed by atoms with Crippen molar-refractivity contribution in [1.29, 1.82) is 0 Å². The van der Waals surface area contributed by atoms with Gasteiger partial charge >= 0.3 is 0 Å². The van der Waals surface area contributed by atoms with Crippen LogP contribution in [0.25, 0.3) is 0 Å². The quantitative estimate of drug-likeness (QED) is 0.466. The molecule has 1 aliphatic heterocycles. The highest BCUT2D eigenvalue weighted by Crippen LogP contribution is 2.29. The van der Waals surface area contributed by atoms with Gasteiger partial charge in [-0.1, -0.05) is 34.8 Å². The van der Waals surface area contributed by atoms with Gasteiger partial charge in [-0.15, -0.1) is 0 Å². The van der Waals surface area contributed by atoms with Crippen molar-refractivity contribution in [3.63, 3.8) is 0 Å². The van der Waals surface area contributed by atoms with Crippen molar-refractivity contribution >= 4 is 52.1 Å². The second-order valence-corrected chi connectivity index (χ2v) is 6.83. The van der Waals surface area contributed by atoms with Gasteiger partial charge in [-0.3, -0.25) is 14.9 Å². The first-order valence-corrected chi connectivity index (χ1v) is 7.28. The number of alkyl halides is 3. The van der Waals surface area contributed by atoms with Gasteiger partial charge < -0.3 is 9.80 Å². The average Bonchev–Trinajstić information content (AvgIpc) is 2.46. The summed E-state index contributed by atoms with van der Waals surface area (Å²) in [5.74, 6) is -0.532. The number of piperazine rings is 1. The molecule has 21 heavy (non-hydrogen) atoms. The molecule has 0 N–H and O–H groups in total. The number of hydrogen-bond acceptors (Lipinski definition) is 4. The number of non-ortho nitro benzene ring substituents is 1. The Hall–Kier alpha value is -1.24. The van der Waals surface area contributed by atoms with Crippen molar-refractivity contribution < 1.29 is 9.72 Å². The van der Waals surface area contributed by atoms with Crippen LogP contribution in [0, 0.1) is 10.1 Å². The molecule has 2 rings (SSSR count). The Labute approximate surface area is 136 Å². The first-order chi connectivity index (χ1) is 9.79. The Morgan fingerprint density at radius 2 is 1.62 bits per heavy atom. The fourth-order valence-electron chi connectivity index (χ4n) is 2.13. The maximum Gasteiger partial charge on any atom is 0.274 e. The smallest absolute Gasteiger partial charge is 0.274 e. The highest BCUT2D eigenvalue weighted by atomic mass is 35.6. The minimum Gasteiger partial charge on any atom is -0.368 e. The van der Waals surface area contributed by atoms with E-state index in [0.717, 1.165) is 5.69 Å². The Morgan fingerprint density at radius 1 is 1.10 bits per heavy atom. The van der Waals surface area contributed by atoms with E-state index in [-0.39, 0.29) is 5.69 Å². The van der Waals surface area contributed by atoms with Crippen molar-refractivity contribution in [2.75, 3.05) is 31.1 Å². The van der Waals surface area contributed by atoms with E-state index in [1.807, 2.05) is 4.90 Å². The van der Waals surface area contributed by atoms with Gasteiger partial charge in [0.15, 0.2) is 0 Å². The lowest BCUT2D eigenvalue weighted by molar-refractivity contribution is -0.384. The van der Waals surface area contributed by atoms with Crippen LogP contribution in [0.15, 0.2) is 24.3 Å². The average molecular weight is 353 g/mol. The summed E-state index contributed by atoms with van der Waals surface area (Å²) in [6.07, 6.45) is 0. The summed E-state index contributed by atoms with van der Waals surface area (Å²) in [7, 11) is 0. The van der Waals surface area contributed by atoms with E-state index < -0.39 is 14.6 Å². The van der Waals surface area contributed by atoms with Crippen LogP contribution in [-0.2, 0) is 4.79 Å². The highest BCUT2D eigenvalue weighted by Gasteiger charge is 2.36. The normalized spacial score (nSPS) is 16.0. The number of anilines is 1. The van der Waals surface area contributed by atoms with Gasteiger partial charge in [0.2, 0.25) is 0 Å². The zero-order valence-corrected chi connectivity index (χ0v) is 13.1. The predicted molar refractivity (Wildman–Crippen MR) is 82.2 cm³/mol. The zero-order chi connectivity index (χ0) is 15.6. The topological polar surface area (TPSA) is 66.7 Å². The van der Waals surface area contributed by atoms with Crippen molar-refractivity contribution in [2.24, 2.45) is 0 Å². The molecule has 9 heteroatoms. The monoisotopic (exact) mass is 351 g/mol. The maximum absolute atomic E-state index is 11.8. The molecule has 1 heterocycles. The maximum atomic E-state index is 11.8. The summed E-state index contributed by atoms with van der Waals surface area (Å²) in [6.45, 7) is 2.02. The Kier molecular flexibility index (Phi) is 4.81. The number of nitro benzene ring substituents is 1. The van der Waals surface area contributed by atoms with E-state index in [9.17, 15) is 14.9 Å². The van der Waals surface area contributed by atoms with Crippen LogP contribution >= 0.6 is 34.8 Å². The molecule has 0 saturated carbocycles. The van der Waals surface area contributed by atoms with E-state index in [1.165, 1.54) is 17.0 Å². The molecular formula is C12H12Cl3N3O3. The zero-order valence-electron chi connectivity index (χ0n) is 10.8. The van der Waals surface area contributed by atoms with Crippen molar-refractivity contribution in [1.82, 2.24) is 4.90 Å². The molecule has 1 saturated heterocycles. The van der Waals surface area contributed by atoms with Crippen molar-refractivity contribution in [3.05, 3.63) is 34.4 Å². The summed E-state index contributed by atoms with van der Waals surface area (Å²) in [5, 5.41) is 10.6. The van der Waals surface area contributed by atoms with E-state index >= 15 is 0 Å². The van der Waals surface area contributed by atoms with Crippen LogP contribution in [0.4, 0.5) is 11.4 Å². The third-order valence-corrected chi connectivity index (χ3v) is 3.72. The molecule has 0 atom stereocenters. The molecule has 1 aliphatic rings. The lowest BCUT2D eigenvalue weighted by atomic mass is 10.2. The fourth-order valence-corrected chi connectivity index (χ4v) is 2.49. The largest absolute Gasteiger partial charge is 0.368 e. The third-order valence-electron chi connectivity index (χ3n) is 3.24. The minimum atomic E-state index is -1.93. The first kappa shape index (κ1) is 16.1. The summed E-state index contributed by atoms with van der Waals surface area (Å²) in [4.78, 5) is 25.5. The fraction of sp³-hybridized carbons (Fsp3) is 0.417. The van der Waals surface area contributed by atoms with Gasteiger partial charge in [-0.05, 0) is 12.1 Å². The summed E-state index contributed by atoms with van der Waals surface area (Å²) in [5.41, 5.74) is 0.908. The minimum absolute atomic E-state index is 0.0452. The third kappa shape index (κ3) is 3.90. The molecule has 0 radical (unpaired) electrons. The van der Waals surface area contributed by atoms with E-state index in [4.69, 9.17) is 34.8 Å². The van der Waals surface area contributed by atoms with Gasteiger partial charge in [0.25, 0.3) is 15.4 Å². The van der Waals surface area contributed by atoms with Gasteiger partial charge in [0.05, 0.1) is 4.92 Å². The lowest BCUT2D eigenvalue weighted by Gasteiger charge is -2.37. The Bertz CT molecular complexity index is 537. The molecule has 0 aromatic heterocycles. The Balaban J connectivity index is 1.98. The van der Waals surface area contributed by atoms with Crippen LogP contribution in [0.2, 0.25) is 0 Å². The molecule has 0 spiro atoms. The predicted octanol–water partition coefficient (Wildman–Crippen LogP) is 2.61. The van der Waals surface area contributed by atoms with Gasteiger partial charge in [0.1, 0.15) is 0 Å². The van der Waals surface area contributed by atoms with Crippen molar-refractivity contribution in [2.45, 2.75) is 3.79 Å². The van der Waals surface area contributed by atoms with Crippen LogP contribution in [0.1, 0.15) is 0 Å². The van der Waals surface area contributed by atoms with E-state index in [0.29, 0.717) is 26.2 Å². The van der Waals surface area contributed by atoms with Gasteiger partial charge in [-0.25, -0.2) is 0 Å². The lowest BCUT2D eigenvalue weighted by Crippen LogP contribution is -2.51. The highest BCUT2D eigenvalue weighted by molar-refractivity contribution is 6.76. The molecule has 1 fully saturated rings. The second-order valence-electron chi connectivity index (χ2n) is 4.55. The second kappa shape index (κ2) is 6.25.